The van der Waals surface area contributed by atoms with Gasteiger partial charge >= 0.3 is 0 Å². The Kier molecular flexibility index (Phi) is 5.01. The highest BCUT2D eigenvalue weighted by Gasteiger charge is 2.33. The first kappa shape index (κ1) is 20.4. The number of H-pyrrole nitrogens is 1. The fourth-order valence-corrected chi connectivity index (χ4v) is 5.85. The fourth-order valence-electron chi connectivity index (χ4n) is 4.05. The van der Waals surface area contributed by atoms with Crippen LogP contribution in [0, 0.1) is 0 Å². The molecule has 3 heterocycles. The summed E-state index contributed by atoms with van der Waals surface area (Å²) in [5.41, 5.74) is 3.60. The summed E-state index contributed by atoms with van der Waals surface area (Å²) in [6, 6.07) is 10.8. The van der Waals surface area contributed by atoms with Crippen LogP contribution in [0.3, 0.4) is 0 Å². The van der Waals surface area contributed by atoms with Gasteiger partial charge in [0.2, 0.25) is 10.0 Å². The molecule has 1 N–H and O–H groups in total. The van der Waals surface area contributed by atoms with Gasteiger partial charge in [-0.15, -0.1) is 0 Å². The molecule has 9 heteroatoms. The number of nitrogens with zero attached hydrogens (tertiary/aromatic N) is 2. The molecule has 7 nitrogen and oxygen atoms in total. The Bertz CT molecular complexity index is 1340. The number of amides is 1. The predicted octanol–water partition coefficient (Wildman–Crippen LogP) is 3.47. The molecule has 160 valence electrons. The van der Waals surface area contributed by atoms with E-state index in [1.807, 2.05) is 30.5 Å². The quantitative estimate of drug-likeness (QED) is 0.557. The number of aromatic amines is 1. The first-order valence-corrected chi connectivity index (χ1v) is 12.1. The lowest BCUT2D eigenvalue weighted by Gasteiger charge is -2.26. The highest BCUT2D eigenvalue weighted by molar-refractivity contribution is 9.10. The fraction of sp³-hybridized carbons (Fsp3) is 0.227. The van der Waals surface area contributed by atoms with Crippen LogP contribution < -0.4 is 4.90 Å². The average molecular weight is 502 g/mol. The Hall–Kier alpha value is -2.46. The van der Waals surface area contributed by atoms with Crippen molar-refractivity contribution in [1.82, 2.24) is 9.29 Å². The molecular formula is C22H20BrN3O4S. The van der Waals surface area contributed by atoms with Gasteiger partial charge in [0.15, 0.2) is 0 Å². The highest BCUT2D eigenvalue weighted by Crippen LogP contribution is 2.39. The summed E-state index contributed by atoms with van der Waals surface area (Å²) in [5.74, 6) is -0.166. The number of nitrogens with one attached hydrogen (secondary N) is 1. The monoisotopic (exact) mass is 501 g/mol. The van der Waals surface area contributed by atoms with Gasteiger partial charge < -0.3 is 14.6 Å². The topological polar surface area (TPSA) is 82.7 Å². The number of ether oxygens (including phenoxy) is 1. The van der Waals surface area contributed by atoms with Crippen molar-refractivity contribution in [3.05, 3.63) is 58.2 Å². The second-order valence-electron chi connectivity index (χ2n) is 7.55. The van der Waals surface area contributed by atoms with Gasteiger partial charge in [0.25, 0.3) is 5.91 Å². The Morgan fingerprint density at radius 2 is 1.90 bits per heavy atom. The van der Waals surface area contributed by atoms with Crippen molar-refractivity contribution in [2.24, 2.45) is 0 Å². The standard InChI is InChI=1S/C22H20BrN3O4S/c1-25-21-5-3-16(31(28,29)26-6-8-30-9-7-26)12-18(21)19(22(25)27)10-14-13-24-20-4-2-15(23)11-17(14)20/h2-5,10-13,24H,6-9H2,1H3/b19-10-. The zero-order valence-electron chi connectivity index (χ0n) is 16.8. The van der Waals surface area contributed by atoms with E-state index in [2.05, 4.69) is 20.9 Å². The third kappa shape index (κ3) is 3.41. The van der Waals surface area contributed by atoms with Crippen LogP contribution in [0.15, 0.2) is 52.0 Å². The molecular weight excluding hydrogens is 482 g/mol. The second kappa shape index (κ2) is 7.59. The molecule has 0 unspecified atom stereocenters. The van der Waals surface area contributed by atoms with Crippen LogP contribution in [0.4, 0.5) is 5.69 Å². The molecule has 1 saturated heterocycles. The lowest BCUT2D eigenvalue weighted by atomic mass is 10.0. The number of sulfonamides is 1. The number of rotatable bonds is 3. The average Bonchev–Trinajstić information content (AvgIpc) is 3.28. The first-order valence-electron chi connectivity index (χ1n) is 9.85. The Morgan fingerprint density at radius 3 is 2.68 bits per heavy atom. The van der Waals surface area contributed by atoms with Crippen LogP contribution in [0.25, 0.3) is 22.6 Å². The number of anilines is 1. The number of hydrogen-bond donors (Lipinski definition) is 1. The SMILES string of the molecule is CN1C(=O)/C(=C\c2c[nH]c3ccc(Br)cc23)c2cc(S(=O)(=O)N3CCOCC3)ccc21. The molecule has 0 aliphatic carbocycles. The Labute approximate surface area is 188 Å². The van der Waals surface area contributed by atoms with Crippen LogP contribution in [0.1, 0.15) is 11.1 Å². The van der Waals surface area contributed by atoms with Crippen LogP contribution in [0.2, 0.25) is 0 Å². The van der Waals surface area contributed by atoms with Gasteiger partial charge in [0.05, 0.1) is 23.8 Å². The van der Waals surface area contributed by atoms with E-state index in [9.17, 15) is 13.2 Å². The number of halogens is 1. The Balaban J connectivity index is 1.62. The molecule has 0 bridgehead atoms. The van der Waals surface area contributed by atoms with Crippen molar-refractivity contribution in [3.8, 4) is 0 Å². The van der Waals surface area contributed by atoms with E-state index >= 15 is 0 Å². The number of morpholine rings is 1. The zero-order valence-corrected chi connectivity index (χ0v) is 19.2. The molecule has 0 saturated carbocycles. The minimum absolute atomic E-state index is 0.166. The van der Waals surface area contributed by atoms with E-state index in [0.717, 1.165) is 20.9 Å². The summed E-state index contributed by atoms with van der Waals surface area (Å²) in [6.07, 6.45) is 3.67. The summed E-state index contributed by atoms with van der Waals surface area (Å²) < 4.78 is 33.9. The summed E-state index contributed by atoms with van der Waals surface area (Å²) in [7, 11) is -1.96. The number of fused-ring (bicyclic) bond motifs is 2. The van der Waals surface area contributed by atoms with E-state index in [-0.39, 0.29) is 10.8 Å². The molecule has 0 radical (unpaired) electrons. The molecule has 1 amide bonds. The first-order chi connectivity index (χ1) is 14.9. The molecule has 3 aromatic rings. The third-order valence-electron chi connectivity index (χ3n) is 5.74. The normalized spacial score (nSPS) is 18.8. The maximum absolute atomic E-state index is 13.1. The predicted molar refractivity (Wildman–Crippen MR) is 123 cm³/mol. The van der Waals surface area contributed by atoms with Crippen molar-refractivity contribution in [2.75, 3.05) is 38.3 Å². The third-order valence-corrected chi connectivity index (χ3v) is 8.13. The number of aromatic nitrogens is 1. The lowest BCUT2D eigenvalue weighted by molar-refractivity contribution is -0.112. The van der Waals surface area contributed by atoms with Crippen molar-refractivity contribution in [1.29, 1.82) is 0 Å². The maximum Gasteiger partial charge on any atom is 0.258 e. The molecule has 2 aliphatic heterocycles. The molecule has 5 rings (SSSR count). The molecule has 2 aromatic carbocycles. The minimum atomic E-state index is -3.66. The van der Waals surface area contributed by atoms with Gasteiger partial charge in [0, 0.05) is 58.4 Å². The molecule has 0 spiro atoms. The van der Waals surface area contributed by atoms with Crippen LogP contribution in [0.5, 0.6) is 0 Å². The molecule has 1 aromatic heterocycles. The van der Waals surface area contributed by atoms with Crippen LogP contribution in [-0.2, 0) is 19.6 Å². The van der Waals surface area contributed by atoms with Crippen molar-refractivity contribution >= 4 is 60.1 Å². The van der Waals surface area contributed by atoms with Crippen molar-refractivity contribution in [3.63, 3.8) is 0 Å². The number of benzene rings is 2. The lowest BCUT2D eigenvalue weighted by Crippen LogP contribution is -2.40. The molecule has 1 fully saturated rings. The number of carbonyl (C=O) groups is 1. The van der Waals surface area contributed by atoms with Gasteiger partial charge in [-0.05, 0) is 42.5 Å². The van der Waals surface area contributed by atoms with E-state index in [1.54, 1.807) is 30.1 Å². The minimum Gasteiger partial charge on any atom is -0.379 e. The number of carbonyl (C=O) groups excluding carboxylic acids is 1. The number of likely N-dealkylation sites (N-methyl/N-ethyl adjacent to an activating group) is 1. The summed E-state index contributed by atoms with van der Waals surface area (Å²) >= 11 is 3.49. The summed E-state index contributed by atoms with van der Waals surface area (Å²) in [6.45, 7) is 1.41. The van der Waals surface area contributed by atoms with Gasteiger partial charge in [-0.1, -0.05) is 15.9 Å². The van der Waals surface area contributed by atoms with E-state index < -0.39 is 10.0 Å². The molecule has 31 heavy (non-hydrogen) atoms. The molecule has 2 aliphatic rings. The van der Waals surface area contributed by atoms with E-state index in [0.29, 0.717) is 43.1 Å². The maximum atomic E-state index is 13.1. The summed E-state index contributed by atoms with van der Waals surface area (Å²) in [4.78, 5) is 18.0. The highest BCUT2D eigenvalue weighted by atomic mass is 79.9. The van der Waals surface area contributed by atoms with Crippen molar-refractivity contribution in [2.45, 2.75) is 4.90 Å². The smallest absolute Gasteiger partial charge is 0.258 e. The van der Waals surface area contributed by atoms with E-state index in [4.69, 9.17) is 4.74 Å². The van der Waals surface area contributed by atoms with Crippen LogP contribution in [-0.4, -0.2) is 57.0 Å². The zero-order chi connectivity index (χ0) is 21.8. The van der Waals surface area contributed by atoms with Gasteiger partial charge in [0.1, 0.15) is 0 Å². The Morgan fingerprint density at radius 1 is 1.13 bits per heavy atom. The number of hydrogen-bond acceptors (Lipinski definition) is 4. The van der Waals surface area contributed by atoms with Crippen molar-refractivity contribution < 1.29 is 17.9 Å². The van der Waals surface area contributed by atoms with Gasteiger partial charge in [-0.3, -0.25) is 4.79 Å². The molecule has 0 atom stereocenters. The largest absolute Gasteiger partial charge is 0.379 e. The van der Waals surface area contributed by atoms with E-state index in [1.165, 1.54) is 4.31 Å². The van der Waals surface area contributed by atoms with Crippen LogP contribution >= 0.6 is 15.9 Å². The summed E-state index contributed by atoms with van der Waals surface area (Å²) in [5, 5.41) is 0.975. The van der Waals surface area contributed by atoms with Gasteiger partial charge in [-0.2, -0.15) is 4.31 Å². The second-order valence-corrected chi connectivity index (χ2v) is 10.4. The van der Waals surface area contributed by atoms with Gasteiger partial charge in [-0.25, -0.2) is 8.42 Å².